The van der Waals surface area contributed by atoms with Gasteiger partial charge >= 0.3 is 0 Å². The van der Waals surface area contributed by atoms with Crippen LogP contribution in [0.15, 0.2) is 18.2 Å². The summed E-state index contributed by atoms with van der Waals surface area (Å²) in [6, 6.07) is 6.23. The highest BCUT2D eigenvalue weighted by Gasteiger charge is 2.15. The minimum Gasteiger partial charge on any atom is -0.493 e. The van der Waals surface area contributed by atoms with Crippen LogP contribution in [0.5, 0.6) is 5.75 Å². The first-order chi connectivity index (χ1) is 7.75. The lowest BCUT2D eigenvalue weighted by molar-refractivity contribution is -0.0531. The maximum atomic E-state index is 5.72. The summed E-state index contributed by atoms with van der Waals surface area (Å²) < 4.78 is 16.4. The van der Waals surface area contributed by atoms with Gasteiger partial charge in [0.15, 0.2) is 6.29 Å². The van der Waals surface area contributed by atoms with Crippen molar-refractivity contribution in [2.75, 3.05) is 19.8 Å². The van der Waals surface area contributed by atoms with Gasteiger partial charge in [-0.15, -0.1) is 0 Å². The van der Waals surface area contributed by atoms with Gasteiger partial charge in [0.2, 0.25) is 0 Å². The van der Waals surface area contributed by atoms with Crippen LogP contribution in [0.3, 0.4) is 0 Å². The third kappa shape index (κ3) is 2.97. The number of aryl methyl sites for hydroxylation is 2. The summed E-state index contributed by atoms with van der Waals surface area (Å²) in [5.74, 6) is 0.956. The molecule has 1 aromatic carbocycles. The fourth-order valence-corrected chi connectivity index (χ4v) is 1.70. The first kappa shape index (κ1) is 11.4. The number of benzene rings is 1. The fourth-order valence-electron chi connectivity index (χ4n) is 1.70. The van der Waals surface area contributed by atoms with Crippen molar-refractivity contribution in [1.29, 1.82) is 0 Å². The third-order valence-electron chi connectivity index (χ3n) is 2.65. The summed E-state index contributed by atoms with van der Waals surface area (Å²) in [6.45, 7) is 6.16. The van der Waals surface area contributed by atoms with Crippen molar-refractivity contribution < 1.29 is 14.2 Å². The molecule has 0 bridgehead atoms. The molecule has 3 nitrogen and oxygen atoms in total. The molecule has 1 heterocycles. The van der Waals surface area contributed by atoms with Crippen molar-refractivity contribution in [1.82, 2.24) is 0 Å². The molecule has 0 amide bonds. The molecule has 0 aromatic heterocycles. The van der Waals surface area contributed by atoms with Gasteiger partial charge in [0.25, 0.3) is 0 Å². The Bertz CT molecular complexity index is 343. The minimum absolute atomic E-state index is 0.0786. The predicted octanol–water partition coefficient (Wildman–Crippen LogP) is 2.45. The van der Waals surface area contributed by atoms with Gasteiger partial charge in [-0.2, -0.15) is 0 Å². The van der Waals surface area contributed by atoms with Gasteiger partial charge in [-0.05, 0) is 31.0 Å². The van der Waals surface area contributed by atoms with Gasteiger partial charge in [-0.25, -0.2) is 0 Å². The van der Waals surface area contributed by atoms with Gasteiger partial charge < -0.3 is 14.2 Å². The maximum absolute atomic E-state index is 5.72. The number of hydrogen-bond acceptors (Lipinski definition) is 3. The normalized spacial score (nSPS) is 16.6. The van der Waals surface area contributed by atoms with Gasteiger partial charge in [0, 0.05) is 6.42 Å². The standard InChI is InChI=1S/C13H18O3/c1-10-3-4-11(2)12(9-10)14-6-5-13-15-7-8-16-13/h3-4,9,13H,5-8H2,1-2H3. The minimum atomic E-state index is -0.0786. The number of hydrogen-bond donors (Lipinski definition) is 0. The van der Waals surface area contributed by atoms with Crippen molar-refractivity contribution in [2.45, 2.75) is 26.6 Å². The van der Waals surface area contributed by atoms with E-state index in [1.807, 2.05) is 0 Å². The molecule has 1 aromatic rings. The van der Waals surface area contributed by atoms with E-state index in [9.17, 15) is 0 Å². The van der Waals surface area contributed by atoms with Crippen LogP contribution >= 0.6 is 0 Å². The molecule has 0 atom stereocenters. The van der Waals surface area contributed by atoms with Crippen LogP contribution in [-0.2, 0) is 9.47 Å². The van der Waals surface area contributed by atoms with E-state index in [0.717, 1.165) is 12.2 Å². The molecule has 88 valence electrons. The molecule has 1 aliphatic rings. The van der Waals surface area contributed by atoms with E-state index in [4.69, 9.17) is 14.2 Å². The van der Waals surface area contributed by atoms with Crippen LogP contribution in [0.4, 0.5) is 0 Å². The van der Waals surface area contributed by atoms with Crippen molar-refractivity contribution >= 4 is 0 Å². The first-order valence-electron chi connectivity index (χ1n) is 5.69. The molecule has 0 spiro atoms. The Balaban J connectivity index is 1.82. The highest BCUT2D eigenvalue weighted by molar-refractivity contribution is 5.35. The van der Waals surface area contributed by atoms with E-state index < -0.39 is 0 Å². The average Bonchev–Trinajstić information content (AvgIpc) is 2.76. The van der Waals surface area contributed by atoms with Crippen LogP contribution in [0.1, 0.15) is 17.5 Å². The molecular formula is C13H18O3. The lowest BCUT2D eigenvalue weighted by atomic mass is 10.1. The van der Waals surface area contributed by atoms with Gasteiger partial charge in [0.1, 0.15) is 5.75 Å². The van der Waals surface area contributed by atoms with Crippen molar-refractivity contribution in [3.8, 4) is 5.75 Å². The predicted molar refractivity (Wildman–Crippen MR) is 61.7 cm³/mol. The summed E-state index contributed by atoms with van der Waals surface area (Å²) in [4.78, 5) is 0. The molecular weight excluding hydrogens is 204 g/mol. The average molecular weight is 222 g/mol. The van der Waals surface area contributed by atoms with Crippen molar-refractivity contribution in [3.05, 3.63) is 29.3 Å². The second-order valence-corrected chi connectivity index (χ2v) is 4.08. The summed E-state index contributed by atoms with van der Waals surface area (Å²) in [5.41, 5.74) is 2.38. The maximum Gasteiger partial charge on any atom is 0.161 e. The Morgan fingerprint density at radius 2 is 2.00 bits per heavy atom. The van der Waals surface area contributed by atoms with E-state index >= 15 is 0 Å². The molecule has 1 aliphatic heterocycles. The zero-order valence-electron chi connectivity index (χ0n) is 9.86. The molecule has 0 aliphatic carbocycles. The van der Waals surface area contributed by atoms with E-state index in [1.54, 1.807) is 0 Å². The van der Waals surface area contributed by atoms with Gasteiger partial charge in [0.05, 0.1) is 19.8 Å². The number of rotatable bonds is 4. The molecule has 2 rings (SSSR count). The SMILES string of the molecule is Cc1ccc(C)c(OCCC2OCCO2)c1. The Kier molecular flexibility index (Phi) is 3.80. The van der Waals surface area contributed by atoms with E-state index in [2.05, 4.69) is 32.0 Å². The lowest BCUT2D eigenvalue weighted by Gasteiger charge is -2.12. The van der Waals surface area contributed by atoms with Gasteiger partial charge in [-0.1, -0.05) is 12.1 Å². The van der Waals surface area contributed by atoms with E-state index in [1.165, 1.54) is 11.1 Å². The monoisotopic (exact) mass is 222 g/mol. The highest BCUT2D eigenvalue weighted by atomic mass is 16.7. The molecule has 1 fully saturated rings. The number of ether oxygens (including phenoxy) is 3. The molecule has 16 heavy (non-hydrogen) atoms. The van der Waals surface area contributed by atoms with Crippen molar-refractivity contribution in [3.63, 3.8) is 0 Å². The quantitative estimate of drug-likeness (QED) is 0.783. The smallest absolute Gasteiger partial charge is 0.161 e. The Morgan fingerprint density at radius 1 is 1.25 bits per heavy atom. The van der Waals surface area contributed by atoms with E-state index in [-0.39, 0.29) is 6.29 Å². The second-order valence-electron chi connectivity index (χ2n) is 4.08. The van der Waals surface area contributed by atoms with Gasteiger partial charge in [-0.3, -0.25) is 0 Å². The Morgan fingerprint density at radius 3 is 2.75 bits per heavy atom. The highest BCUT2D eigenvalue weighted by Crippen LogP contribution is 2.19. The largest absolute Gasteiger partial charge is 0.493 e. The summed E-state index contributed by atoms with van der Waals surface area (Å²) in [7, 11) is 0. The zero-order chi connectivity index (χ0) is 11.4. The van der Waals surface area contributed by atoms with Crippen LogP contribution in [-0.4, -0.2) is 26.1 Å². The molecule has 0 radical (unpaired) electrons. The second kappa shape index (κ2) is 5.32. The zero-order valence-corrected chi connectivity index (χ0v) is 9.86. The van der Waals surface area contributed by atoms with Crippen LogP contribution in [0, 0.1) is 13.8 Å². The Hall–Kier alpha value is -1.06. The molecule has 3 heteroatoms. The van der Waals surface area contributed by atoms with Crippen LogP contribution < -0.4 is 4.74 Å². The van der Waals surface area contributed by atoms with E-state index in [0.29, 0.717) is 19.8 Å². The summed E-state index contributed by atoms with van der Waals surface area (Å²) in [5, 5.41) is 0. The first-order valence-corrected chi connectivity index (χ1v) is 5.69. The fraction of sp³-hybridized carbons (Fsp3) is 0.538. The van der Waals surface area contributed by atoms with Crippen LogP contribution in [0.25, 0.3) is 0 Å². The molecule has 0 unspecified atom stereocenters. The summed E-state index contributed by atoms with van der Waals surface area (Å²) in [6.07, 6.45) is 0.707. The Labute approximate surface area is 96.3 Å². The molecule has 1 saturated heterocycles. The topological polar surface area (TPSA) is 27.7 Å². The van der Waals surface area contributed by atoms with Crippen LogP contribution in [0.2, 0.25) is 0 Å². The molecule has 0 N–H and O–H groups in total. The molecule has 0 saturated carbocycles. The summed E-state index contributed by atoms with van der Waals surface area (Å²) >= 11 is 0. The van der Waals surface area contributed by atoms with Crippen molar-refractivity contribution in [2.24, 2.45) is 0 Å². The lowest BCUT2D eigenvalue weighted by Crippen LogP contribution is -2.12. The third-order valence-corrected chi connectivity index (χ3v) is 2.65.